The molecule has 2 N–H and O–H groups in total. The molecule has 0 aromatic heterocycles. The Bertz CT molecular complexity index is 2150. The first kappa shape index (κ1) is 46.8. The Balaban J connectivity index is 0.000000234. The van der Waals surface area contributed by atoms with Crippen molar-refractivity contribution < 1.29 is 38.7 Å². The minimum Gasteiger partial charge on any atom is -0.490 e. The molecule has 62 heavy (non-hydrogen) atoms. The Morgan fingerprint density at radius 2 is 0.613 bits per heavy atom. The van der Waals surface area contributed by atoms with E-state index in [0.717, 1.165) is 89.0 Å². The summed E-state index contributed by atoms with van der Waals surface area (Å²) in [6.45, 7) is 20.7. The van der Waals surface area contributed by atoms with E-state index in [1.54, 1.807) is 13.8 Å². The van der Waals surface area contributed by atoms with E-state index < -0.39 is 0 Å². The summed E-state index contributed by atoms with van der Waals surface area (Å²) in [7, 11) is 0. The van der Waals surface area contributed by atoms with Crippen molar-refractivity contribution in [1.82, 2.24) is 0 Å². The smallest absolute Gasteiger partial charge is 0.338 e. The second-order valence-electron chi connectivity index (χ2n) is 15.9. The monoisotopic (exact) mass is 836 g/mol. The Morgan fingerprint density at radius 1 is 0.387 bits per heavy atom. The van der Waals surface area contributed by atoms with Crippen molar-refractivity contribution in [3.63, 3.8) is 0 Å². The zero-order valence-electron chi connectivity index (χ0n) is 37.8. The van der Waals surface area contributed by atoms with Gasteiger partial charge in [-0.15, -0.1) is 0 Å². The van der Waals surface area contributed by atoms with Gasteiger partial charge in [0.2, 0.25) is 0 Å². The predicted octanol–water partition coefficient (Wildman–Crippen LogP) is 11.6. The van der Waals surface area contributed by atoms with Crippen LogP contribution in [0.1, 0.15) is 79.1 Å². The number of hydrogen-bond acceptors (Lipinski definition) is 8. The highest BCUT2D eigenvalue weighted by molar-refractivity contribution is 5.97. The summed E-state index contributed by atoms with van der Waals surface area (Å²) < 4.78 is 22.8. The normalized spacial score (nSPS) is 10.8. The molecule has 6 aromatic carbocycles. The molecule has 0 aliphatic rings. The number of esters is 2. The van der Waals surface area contributed by atoms with Crippen molar-refractivity contribution in [2.45, 2.75) is 69.2 Å². The third-order valence-corrected chi connectivity index (χ3v) is 10.0. The van der Waals surface area contributed by atoms with Crippen molar-refractivity contribution in [1.29, 1.82) is 0 Å². The van der Waals surface area contributed by atoms with E-state index in [0.29, 0.717) is 35.8 Å². The molecule has 0 amide bonds. The maximum Gasteiger partial charge on any atom is 0.338 e. The Kier molecular flexibility index (Phi) is 16.3. The van der Waals surface area contributed by atoms with Gasteiger partial charge in [-0.1, -0.05) is 117 Å². The third kappa shape index (κ3) is 12.0. The molecule has 324 valence electrons. The number of carbonyl (C=O) groups is 2. The van der Waals surface area contributed by atoms with Crippen molar-refractivity contribution in [3.05, 3.63) is 153 Å². The molecule has 0 heterocycles. The van der Waals surface area contributed by atoms with Gasteiger partial charge in [-0.25, -0.2) is 9.59 Å². The Labute approximate surface area is 367 Å². The number of ether oxygens (including phenoxy) is 4. The van der Waals surface area contributed by atoms with Crippen LogP contribution in [0.25, 0.3) is 44.5 Å². The van der Waals surface area contributed by atoms with Crippen molar-refractivity contribution in [2.24, 2.45) is 0 Å². The van der Waals surface area contributed by atoms with Gasteiger partial charge in [0, 0.05) is 22.3 Å². The molecule has 0 aliphatic heterocycles. The van der Waals surface area contributed by atoms with Gasteiger partial charge in [-0.05, 0) is 116 Å². The summed E-state index contributed by atoms with van der Waals surface area (Å²) >= 11 is 0. The van der Waals surface area contributed by atoms with Crippen LogP contribution in [-0.4, -0.2) is 61.8 Å². The van der Waals surface area contributed by atoms with E-state index in [-0.39, 0.29) is 38.4 Å². The molecular formula is C54H60O8. The van der Waals surface area contributed by atoms with Crippen LogP contribution in [0.4, 0.5) is 0 Å². The van der Waals surface area contributed by atoms with Gasteiger partial charge in [0.05, 0.1) is 37.6 Å². The number of aliphatic hydroxyl groups is 2. The van der Waals surface area contributed by atoms with Crippen LogP contribution < -0.4 is 9.47 Å². The second-order valence-corrected chi connectivity index (χ2v) is 15.9. The summed E-state index contributed by atoms with van der Waals surface area (Å²) in [5.41, 5.74) is 17.0. The molecule has 0 fully saturated rings. The fourth-order valence-electron chi connectivity index (χ4n) is 7.91. The first-order valence-electron chi connectivity index (χ1n) is 21.2. The third-order valence-electron chi connectivity index (χ3n) is 10.0. The van der Waals surface area contributed by atoms with E-state index in [2.05, 4.69) is 72.8 Å². The minimum absolute atomic E-state index is 0.0990. The van der Waals surface area contributed by atoms with Crippen LogP contribution in [0.3, 0.4) is 0 Å². The molecular weight excluding hydrogens is 777 g/mol. The van der Waals surface area contributed by atoms with Gasteiger partial charge in [0.1, 0.15) is 24.7 Å². The zero-order chi connectivity index (χ0) is 45.1. The van der Waals surface area contributed by atoms with Gasteiger partial charge >= 0.3 is 11.9 Å². The van der Waals surface area contributed by atoms with Crippen LogP contribution in [0.2, 0.25) is 0 Å². The van der Waals surface area contributed by atoms with E-state index in [9.17, 15) is 19.8 Å². The summed E-state index contributed by atoms with van der Waals surface area (Å²) in [5, 5.41) is 18.9. The quantitative estimate of drug-likeness (QED) is 0.104. The van der Waals surface area contributed by atoms with Crippen LogP contribution in [0.15, 0.2) is 97.1 Å². The number of rotatable bonds is 14. The lowest BCUT2D eigenvalue weighted by atomic mass is 9.91. The van der Waals surface area contributed by atoms with Gasteiger partial charge in [0.15, 0.2) is 0 Å². The zero-order valence-corrected chi connectivity index (χ0v) is 37.8. The van der Waals surface area contributed by atoms with Crippen molar-refractivity contribution >= 4 is 11.9 Å². The lowest BCUT2D eigenvalue weighted by Gasteiger charge is -2.19. The molecule has 0 radical (unpaired) electrons. The van der Waals surface area contributed by atoms with E-state index >= 15 is 0 Å². The fraction of sp³-hybridized carbons (Fsp3) is 0.296. The molecule has 6 rings (SSSR count). The maximum absolute atomic E-state index is 12.7. The van der Waals surface area contributed by atoms with E-state index in [1.165, 1.54) is 0 Å². The Hall–Kier alpha value is -6.22. The van der Waals surface area contributed by atoms with E-state index in [4.69, 9.17) is 18.9 Å². The second kappa shape index (κ2) is 21.5. The minimum atomic E-state index is -0.368. The maximum atomic E-state index is 12.7. The Morgan fingerprint density at radius 3 is 0.806 bits per heavy atom. The topological polar surface area (TPSA) is 112 Å². The van der Waals surface area contributed by atoms with Crippen LogP contribution in [0.5, 0.6) is 11.5 Å². The fourth-order valence-corrected chi connectivity index (χ4v) is 7.91. The van der Waals surface area contributed by atoms with Crippen LogP contribution in [-0.2, 0) is 9.47 Å². The van der Waals surface area contributed by atoms with Crippen LogP contribution >= 0.6 is 0 Å². The van der Waals surface area contributed by atoms with Gasteiger partial charge in [0.25, 0.3) is 0 Å². The summed E-state index contributed by atoms with van der Waals surface area (Å²) in [4.78, 5) is 25.4. The van der Waals surface area contributed by atoms with Gasteiger partial charge in [-0.2, -0.15) is 0 Å². The molecule has 0 spiro atoms. The van der Waals surface area contributed by atoms with Crippen molar-refractivity contribution in [3.8, 4) is 56.0 Å². The van der Waals surface area contributed by atoms with Gasteiger partial charge < -0.3 is 29.2 Å². The number of aliphatic hydroxyl groups excluding tert-OH is 2. The molecule has 0 saturated heterocycles. The van der Waals surface area contributed by atoms with Crippen molar-refractivity contribution in [2.75, 3.05) is 39.6 Å². The average Bonchev–Trinajstić information content (AvgIpc) is 3.20. The van der Waals surface area contributed by atoms with Crippen LogP contribution in [0, 0.1) is 55.4 Å². The first-order valence-corrected chi connectivity index (χ1v) is 21.2. The molecule has 8 heteroatoms. The lowest BCUT2D eigenvalue weighted by Crippen LogP contribution is -2.08. The number of benzene rings is 6. The highest BCUT2D eigenvalue weighted by Crippen LogP contribution is 2.43. The number of carbonyl (C=O) groups excluding carboxylic acids is 2. The predicted molar refractivity (Wildman–Crippen MR) is 250 cm³/mol. The highest BCUT2D eigenvalue weighted by Gasteiger charge is 2.22. The summed E-state index contributed by atoms with van der Waals surface area (Å²) in [5.74, 6) is 0.564. The van der Waals surface area contributed by atoms with Gasteiger partial charge in [-0.3, -0.25) is 0 Å². The first-order chi connectivity index (χ1) is 29.6. The molecule has 0 unspecified atom stereocenters. The molecule has 0 bridgehead atoms. The summed E-state index contributed by atoms with van der Waals surface area (Å²) in [6, 6.07) is 32.4. The number of aryl methyl sites for hydroxylation is 8. The van der Waals surface area contributed by atoms with E-state index in [1.807, 2.05) is 79.7 Å². The lowest BCUT2D eigenvalue weighted by molar-refractivity contribution is 0.0517. The molecule has 0 aliphatic carbocycles. The summed E-state index contributed by atoms with van der Waals surface area (Å²) in [6.07, 6.45) is 0. The molecule has 6 aromatic rings. The molecule has 0 saturated carbocycles. The highest BCUT2D eigenvalue weighted by atomic mass is 16.5. The SMILES string of the molecule is CCOC(=O)c1cc(-c2cc(C)cc(C)c2)c(OCCO)c(-c2cc(C)cc(C)c2)c1.CCOC(=O)c1cc(-c2cc(C)cc(C)c2)c(OCCO)c(-c2cc(C)cc(C)c2)c1. The molecule has 8 nitrogen and oxygen atoms in total. The number of hydrogen-bond donors (Lipinski definition) is 2. The average molecular weight is 837 g/mol. The largest absolute Gasteiger partial charge is 0.490 e. The standard InChI is InChI=1S/2C27H30O4/c2*1-6-30-27(29)23-15-24(21-11-17(2)9-18(3)12-21)26(31-8-7-28)25(16-23)22-13-19(4)10-20(5)14-22/h2*9-16,28H,6-8H2,1-5H3. The molecule has 0 atom stereocenters.